The largest absolute Gasteiger partial charge is 0.497 e. The zero-order chi connectivity index (χ0) is 18.4. The summed E-state index contributed by atoms with van der Waals surface area (Å²) >= 11 is 5.94. The molecule has 0 bridgehead atoms. The van der Waals surface area contributed by atoms with Crippen molar-refractivity contribution in [2.75, 3.05) is 17.7 Å². The Labute approximate surface area is 157 Å². The third-order valence-electron chi connectivity index (χ3n) is 3.74. The Morgan fingerprint density at radius 2 is 1.88 bits per heavy atom. The molecule has 0 aliphatic heterocycles. The van der Waals surface area contributed by atoms with Gasteiger partial charge in [-0.25, -0.2) is 0 Å². The average molecular weight is 368 g/mol. The van der Waals surface area contributed by atoms with Crippen molar-refractivity contribution in [1.29, 1.82) is 0 Å². The van der Waals surface area contributed by atoms with Crippen LogP contribution >= 0.6 is 11.6 Å². The number of aromatic nitrogens is 1. The molecular weight excluding hydrogens is 350 g/mol. The van der Waals surface area contributed by atoms with E-state index >= 15 is 0 Å². The number of rotatable bonds is 6. The van der Waals surface area contributed by atoms with Crippen LogP contribution in [0.2, 0.25) is 5.02 Å². The number of anilines is 2. The first kappa shape index (κ1) is 17.8. The Bertz CT molecular complexity index is 898. The Balaban J connectivity index is 1.64. The number of carbonyl (C=O) groups excluding carboxylic acids is 1. The fourth-order valence-electron chi connectivity index (χ4n) is 2.38. The van der Waals surface area contributed by atoms with Gasteiger partial charge in [0.05, 0.1) is 18.4 Å². The van der Waals surface area contributed by atoms with Crippen LogP contribution in [0, 0.1) is 0 Å². The molecule has 1 heterocycles. The van der Waals surface area contributed by atoms with E-state index in [-0.39, 0.29) is 5.91 Å². The van der Waals surface area contributed by atoms with Gasteiger partial charge in [0.15, 0.2) is 0 Å². The summed E-state index contributed by atoms with van der Waals surface area (Å²) in [6.45, 7) is 0.616. The second-order valence-corrected chi connectivity index (χ2v) is 6.06. The molecule has 0 fully saturated rings. The summed E-state index contributed by atoms with van der Waals surface area (Å²) in [5.41, 5.74) is 2.96. The maximum Gasteiger partial charge on any atom is 0.257 e. The number of pyridine rings is 1. The molecular formula is C20H18ClN3O2. The number of benzene rings is 2. The molecule has 3 aromatic rings. The van der Waals surface area contributed by atoms with Crippen molar-refractivity contribution in [3.8, 4) is 5.75 Å². The molecule has 0 saturated heterocycles. The van der Waals surface area contributed by atoms with E-state index in [1.807, 2.05) is 24.3 Å². The van der Waals surface area contributed by atoms with Gasteiger partial charge in [-0.2, -0.15) is 0 Å². The fourth-order valence-corrected chi connectivity index (χ4v) is 2.57. The molecule has 0 aliphatic rings. The van der Waals surface area contributed by atoms with E-state index in [0.717, 1.165) is 17.0 Å². The highest BCUT2D eigenvalue weighted by atomic mass is 35.5. The number of hydrogen-bond acceptors (Lipinski definition) is 4. The van der Waals surface area contributed by atoms with Crippen LogP contribution < -0.4 is 15.4 Å². The number of carbonyl (C=O) groups is 1. The predicted molar refractivity (Wildman–Crippen MR) is 104 cm³/mol. The van der Waals surface area contributed by atoms with Crippen molar-refractivity contribution in [3.05, 3.63) is 83.1 Å². The van der Waals surface area contributed by atoms with Gasteiger partial charge >= 0.3 is 0 Å². The van der Waals surface area contributed by atoms with Gasteiger partial charge in [-0.1, -0.05) is 29.8 Å². The van der Waals surface area contributed by atoms with Crippen LogP contribution in [0.1, 0.15) is 15.9 Å². The van der Waals surface area contributed by atoms with E-state index in [1.165, 1.54) is 6.20 Å². The first-order chi connectivity index (χ1) is 12.6. The van der Waals surface area contributed by atoms with Crippen LogP contribution in [0.4, 0.5) is 11.4 Å². The van der Waals surface area contributed by atoms with E-state index in [4.69, 9.17) is 16.3 Å². The second-order valence-electron chi connectivity index (χ2n) is 5.63. The lowest BCUT2D eigenvalue weighted by molar-refractivity contribution is 0.102. The highest BCUT2D eigenvalue weighted by Crippen LogP contribution is 2.17. The first-order valence-corrected chi connectivity index (χ1v) is 8.40. The second kappa shape index (κ2) is 8.36. The van der Waals surface area contributed by atoms with Crippen LogP contribution in [-0.4, -0.2) is 18.0 Å². The highest BCUT2D eigenvalue weighted by Gasteiger charge is 2.08. The number of ether oxygens (including phenoxy) is 1. The van der Waals surface area contributed by atoms with Crippen LogP contribution in [-0.2, 0) is 6.54 Å². The Morgan fingerprint density at radius 3 is 2.62 bits per heavy atom. The molecule has 6 heteroatoms. The van der Waals surface area contributed by atoms with Gasteiger partial charge in [0, 0.05) is 29.6 Å². The lowest BCUT2D eigenvalue weighted by Gasteiger charge is -2.09. The highest BCUT2D eigenvalue weighted by molar-refractivity contribution is 6.30. The summed E-state index contributed by atoms with van der Waals surface area (Å²) in [6, 6.07) is 16.5. The maximum absolute atomic E-state index is 12.4. The molecule has 26 heavy (non-hydrogen) atoms. The van der Waals surface area contributed by atoms with Crippen molar-refractivity contribution >= 4 is 28.9 Å². The van der Waals surface area contributed by atoms with Crippen molar-refractivity contribution in [2.45, 2.75) is 6.54 Å². The monoisotopic (exact) mass is 367 g/mol. The van der Waals surface area contributed by atoms with Gasteiger partial charge < -0.3 is 15.4 Å². The van der Waals surface area contributed by atoms with E-state index in [1.54, 1.807) is 43.6 Å². The standard InChI is InChI=1S/C20H18ClN3O2/c1-26-19-7-5-14(6-8-19)11-23-18-9-15(12-22-13-18)20(25)24-17-4-2-3-16(21)10-17/h2-10,12-13,23H,11H2,1H3,(H,24,25). The van der Waals surface area contributed by atoms with Crippen LogP contribution in [0.15, 0.2) is 67.0 Å². The summed E-state index contributed by atoms with van der Waals surface area (Å²) in [6.07, 6.45) is 3.21. The topological polar surface area (TPSA) is 63.2 Å². The molecule has 1 aromatic heterocycles. The quantitative estimate of drug-likeness (QED) is 0.668. The molecule has 0 atom stereocenters. The molecule has 3 rings (SSSR count). The smallest absolute Gasteiger partial charge is 0.257 e. The van der Waals surface area contributed by atoms with Crippen molar-refractivity contribution < 1.29 is 9.53 Å². The van der Waals surface area contributed by atoms with Crippen LogP contribution in [0.5, 0.6) is 5.75 Å². The van der Waals surface area contributed by atoms with Crippen LogP contribution in [0.3, 0.4) is 0 Å². The maximum atomic E-state index is 12.4. The molecule has 132 valence electrons. The number of halogens is 1. The SMILES string of the molecule is COc1ccc(CNc2cncc(C(=O)Nc3cccc(Cl)c3)c2)cc1. The van der Waals surface area contributed by atoms with Crippen molar-refractivity contribution in [2.24, 2.45) is 0 Å². The summed E-state index contributed by atoms with van der Waals surface area (Å²) in [4.78, 5) is 16.5. The van der Waals surface area contributed by atoms with Gasteiger partial charge in [-0.05, 0) is 42.0 Å². The minimum absolute atomic E-state index is 0.243. The van der Waals surface area contributed by atoms with Gasteiger partial charge in [0.25, 0.3) is 5.91 Å². The molecule has 1 amide bonds. The minimum Gasteiger partial charge on any atom is -0.497 e. The normalized spacial score (nSPS) is 10.2. The molecule has 0 aliphatic carbocycles. The van der Waals surface area contributed by atoms with Crippen molar-refractivity contribution in [1.82, 2.24) is 4.98 Å². The first-order valence-electron chi connectivity index (χ1n) is 8.03. The number of nitrogens with zero attached hydrogens (tertiary/aromatic N) is 1. The molecule has 0 radical (unpaired) electrons. The van der Waals surface area contributed by atoms with E-state index in [9.17, 15) is 4.79 Å². The Morgan fingerprint density at radius 1 is 1.08 bits per heavy atom. The Hall–Kier alpha value is -3.05. The number of amides is 1. The number of methoxy groups -OCH3 is 1. The van der Waals surface area contributed by atoms with Crippen molar-refractivity contribution in [3.63, 3.8) is 0 Å². The lowest BCUT2D eigenvalue weighted by atomic mass is 10.2. The summed E-state index contributed by atoms with van der Waals surface area (Å²) < 4.78 is 5.15. The zero-order valence-corrected chi connectivity index (χ0v) is 15.0. The zero-order valence-electron chi connectivity index (χ0n) is 14.2. The molecule has 2 N–H and O–H groups in total. The number of nitrogens with one attached hydrogen (secondary N) is 2. The average Bonchev–Trinajstić information content (AvgIpc) is 2.67. The van der Waals surface area contributed by atoms with Gasteiger partial charge in [-0.15, -0.1) is 0 Å². The van der Waals surface area contributed by atoms with Gasteiger partial charge in [0.1, 0.15) is 5.75 Å². The van der Waals surface area contributed by atoms with Crippen LogP contribution in [0.25, 0.3) is 0 Å². The third kappa shape index (κ3) is 4.74. The fraction of sp³-hybridized carbons (Fsp3) is 0.100. The molecule has 2 aromatic carbocycles. The molecule has 5 nitrogen and oxygen atoms in total. The summed E-state index contributed by atoms with van der Waals surface area (Å²) in [5.74, 6) is 0.572. The molecule has 0 spiro atoms. The van der Waals surface area contributed by atoms with E-state index in [2.05, 4.69) is 15.6 Å². The van der Waals surface area contributed by atoms with Gasteiger partial charge in [0.2, 0.25) is 0 Å². The van der Waals surface area contributed by atoms with E-state index in [0.29, 0.717) is 22.8 Å². The predicted octanol–water partition coefficient (Wildman–Crippen LogP) is 4.61. The van der Waals surface area contributed by atoms with E-state index < -0.39 is 0 Å². The summed E-state index contributed by atoms with van der Waals surface area (Å²) in [5, 5.41) is 6.64. The Kier molecular flexibility index (Phi) is 5.71. The summed E-state index contributed by atoms with van der Waals surface area (Å²) in [7, 11) is 1.64. The van der Waals surface area contributed by atoms with Gasteiger partial charge in [-0.3, -0.25) is 9.78 Å². The molecule has 0 unspecified atom stereocenters. The minimum atomic E-state index is -0.243. The lowest BCUT2D eigenvalue weighted by Crippen LogP contribution is -2.12. The number of hydrogen-bond donors (Lipinski definition) is 2. The molecule has 0 saturated carbocycles. The third-order valence-corrected chi connectivity index (χ3v) is 3.97.